The van der Waals surface area contributed by atoms with Crippen molar-refractivity contribution in [3.05, 3.63) is 12.7 Å². The number of carbonyl (C=O) groups excluding carboxylic acids is 2. The standard InChI is InChI=1S/C12H20N2O5/c1-4-7-19-8-11(16)14(9(2)12(17)18)6-5-13-10(3)15/h4,9H,1,5-8H2,2-3H3,(H,13,15)(H,17,18). The predicted octanol–water partition coefficient (Wildman–Crippen LogP) is -0.373. The van der Waals surface area contributed by atoms with Crippen LogP contribution in [0, 0.1) is 0 Å². The first-order valence-electron chi connectivity index (χ1n) is 5.85. The number of hydrogen-bond donors (Lipinski definition) is 2. The van der Waals surface area contributed by atoms with Crippen molar-refractivity contribution in [1.82, 2.24) is 10.2 Å². The third-order valence-corrected chi connectivity index (χ3v) is 2.33. The van der Waals surface area contributed by atoms with E-state index in [4.69, 9.17) is 9.84 Å². The average molecular weight is 272 g/mol. The zero-order valence-electron chi connectivity index (χ0n) is 11.2. The van der Waals surface area contributed by atoms with Crippen LogP contribution in [0.5, 0.6) is 0 Å². The molecule has 0 saturated heterocycles. The molecule has 2 N–H and O–H groups in total. The van der Waals surface area contributed by atoms with Crippen molar-refractivity contribution in [2.45, 2.75) is 19.9 Å². The second kappa shape index (κ2) is 9.09. The molecule has 0 aliphatic heterocycles. The SMILES string of the molecule is C=CCOCC(=O)N(CCNC(C)=O)C(C)C(=O)O. The zero-order valence-corrected chi connectivity index (χ0v) is 11.2. The molecular formula is C12H20N2O5. The van der Waals surface area contributed by atoms with E-state index in [0.29, 0.717) is 0 Å². The molecule has 0 aromatic heterocycles. The van der Waals surface area contributed by atoms with E-state index in [9.17, 15) is 14.4 Å². The number of carboxylic acid groups (broad SMARTS) is 1. The molecule has 2 amide bonds. The van der Waals surface area contributed by atoms with Gasteiger partial charge in [-0.15, -0.1) is 6.58 Å². The molecule has 1 unspecified atom stereocenters. The average Bonchev–Trinajstić information content (AvgIpc) is 2.33. The van der Waals surface area contributed by atoms with Crippen LogP contribution in [0.15, 0.2) is 12.7 Å². The number of hydrogen-bond acceptors (Lipinski definition) is 4. The molecule has 0 fully saturated rings. The van der Waals surface area contributed by atoms with Gasteiger partial charge in [-0.2, -0.15) is 0 Å². The first-order valence-corrected chi connectivity index (χ1v) is 5.85. The Kier molecular flexibility index (Phi) is 8.19. The normalized spacial score (nSPS) is 11.5. The number of aliphatic carboxylic acids is 1. The van der Waals surface area contributed by atoms with Crippen LogP contribution in [0.4, 0.5) is 0 Å². The lowest BCUT2D eigenvalue weighted by atomic mass is 10.2. The first-order chi connectivity index (χ1) is 8.90. The highest BCUT2D eigenvalue weighted by molar-refractivity contribution is 5.84. The van der Waals surface area contributed by atoms with Crippen molar-refractivity contribution < 1.29 is 24.2 Å². The van der Waals surface area contributed by atoms with Gasteiger partial charge in [-0.3, -0.25) is 9.59 Å². The van der Waals surface area contributed by atoms with Gasteiger partial charge in [0.25, 0.3) is 0 Å². The molecule has 0 radical (unpaired) electrons. The second-order valence-electron chi connectivity index (χ2n) is 3.89. The van der Waals surface area contributed by atoms with Gasteiger partial charge in [-0.05, 0) is 6.92 Å². The smallest absolute Gasteiger partial charge is 0.326 e. The molecule has 0 saturated carbocycles. The van der Waals surface area contributed by atoms with Crippen LogP contribution in [-0.2, 0) is 19.1 Å². The third kappa shape index (κ3) is 7.20. The Morgan fingerprint density at radius 1 is 1.47 bits per heavy atom. The van der Waals surface area contributed by atoms with Gasteiger partial charge in [0.1, 0.15) is 12.6 Å². The van der Waals surface area contributed by atoms with Crippen molar-refractivity contribution in [1.29, 1.82) is 0 Å². The molecule has 7 heteroatoms. The van der Waals surface area contributed by atoms with Crippen molar-refractivity contribution in [2.24, 2.45) is 0 Å². The van der Waals surface area contributed by atoms with E-state index in [1.165, 1.54) is 19.9 Å². The predicted molar refractivity (Wildman–Crippen MR) is 68.5 cm³/mol. The molecule has 0 bridgehead atoms. The maximum Gasteiger partial charge on any atom is 0.326 e. The summed E-state index contributed by atoms with van der Waals surface area (Å²) in [6.45, 7) is 6.50. The van der Waals surface area contributed by atoms with E-state index >= 15 is 0 Å². The van der Waals surface area contributed by atoms with Gasteiger partial charge < -0.3 is 20.1 Å². The summed E-state index contributed by atoms with van der Waals surface area (Å²) >= 11 is 0. The molecule has 0 spiro atoms. The molecular weight excluding hydrogens is 252 g/mol. The van der Waals surface area contributed by atoms with Gasteiger partial charge in [0.15, 0.2) is 0 Å². The Morgan fingerprint density at radius 3 is 2.58 bits per heavy atom. The minimum atomic E-state index is -1.11. The number of ether oxygens (including phenoxy) is 1. The first kappa shape index (κ1) is 17.1. The number of nitrogens with zero attached hydrogens (tertiary/aromatic N) is 1. The van der Waals surface area contributed by atoms with E-state index in [2.05, 4.69) is 11.9 Å². The summed E-state index contributed by atoms with van der Waals surface area (Å²) in [5.74, 6) is -1.79. The lowest BCUT2D eigenvalue weighted by molar-refractivity contribution is -0.151. The summed E-state index contributed by atoms with van der Waals surface area (Å²) in [6.07, 6.45) is 1.50. The fraction of sp³-hybridized carbons (Fsp3) is 0.583. The number of nitrogens with one attached hydrogen (secondary N) is 1. The summed E-state index contributed by atoms with van der Waals surface area (Å²) < 4.78 is 4.99. The summed E-state index contributed by atoms with van der Waals surface area (Å²) in [7, 11) is 0. The highest BCUT2D eigenvalue weighted by atomic mass is 16.5. The molecule has 7 nitrogen and oxygen atoms in total. The summed E-state index contributed by atoms with van der Waals surface area (Å²) in [5, 5.41) is 11.5. The van der Waals surface area contributed by atoms with Crippen LogP contribution in [0.2, 0.25) is 0 Å². The number of amides is 2. The highest BCUT2D eigenvalue weighted by Crippen LogP contribution is 2.00. The minimum absolute atomic E-state index is 0.114. The van der Waals surface area contributed by atoms with Crippen molar-refractivity contribution >= 4 is 17.8 Å². The van der Waals surface area contributed by atoms with Crippen LogP contribution in [0.1, 0.15) is 13.8 Å². The molecule has 1 atom stereocenters. The van der Waals surface area contributed by atoms with Gasteiger partial charge in [0.2, 0.25) is 11.8 Å². The van der Waals surface area contributed by atoms with Crippen LogP contribution in [0.25, 0.3) is 0 Å². The molecule has 19 heavy (non-hydrogen) atoms. The van der Waals surface area contributed by atoms with Gasteiger partial charge in [-0.25, -0.2) is 4.79 Å². The third-order valence-electron chi connectivity index (χ3n) is 2.33. The van der Waals surface area contributed by atoms with Crippen molar-refractivity contribution in [3.8, 4) is 0 Å². The summed E-state index contributed by atoms with van der Waals surface area (Å²) in [6, 6.07) is -0.978. The van der Waals surface area contributed by atoms with Gasteiger partial charge >= 0.3 is 5.97 Å². The number of rotatable bonds is 9. The Balaban J connectivity index is 4.47. The summed E-state index contributed by atoms with van der Waals surface area (Å²) in [5.41, 5.74) is 0. The van der Waals surface area contributed by atoms with Gasteiger partial charge in [0.05, 0.1) is 6.61 Å². The van der Waals surface area contributed by atoms with Crippen LogP contribution < -0.4 is 5.32 Å². The Hall–Kier alpha value is -1.89. The Labute approximate surface area is 112 Å². The number of carboxylic acids is 1. The monoisotopic (exact) mass is 272 g/mol. The fourth-order valence-electron chi connectivity index (χ4n) is 1.33. The number of carbonyl (C=O) groups is 3. The molecule has 0 aliphatic rings. The molecule has 0 heterocycles. The lowest BCUT2D eigenvalue weighted by Gasteiger charge is -2.26. The van der Waals surface area contributed by atoms with E-state index in [1.807, 2.05) is 0 Å². The van der Waals surface area contributed by atoms with Gasteiger partial charge in [-0.1, -0.05) is 6.08 Å². The highest BCUT2D eigenvalue weighted by Gasteiger charge is 2.25. The van der Waals surface area contributed by atoms with Crippen LogP contribution in [-0.4, -0.2) is 60.1 Å². The lowest BCUT2D eigenvalue weighted by Crippen LogP contribution is -2.48. The molecule has 0 aromatic carbocycles. The minimum Gasteiger partial charge on any atom is -0.480 e. The van der Waals surface area contributed by atoms with Gasteiger partial charge in [0, 0.05) is 20.0 Å². The quantitative estimate of drug-likeness (QED) is 0.441. The Bertz CT molecular complexity index is 343. The van der Waals surface area contributed by atoms with E-state index in [0.717, 1.165) is 4.90 Å². The van der Waals surface area contributed by atoms with E-state index < -0.39 is 17.9 Å². The zero-order chi connectivity index (χ0) is 14.8. The maximum absolute atomic E-state index is 11.8. The maximum atomic E-state index is 11.8. The van der Waals surface area contributed by atoms with E-state index in [1.54, 1.807) is 0 Å². The molecule has 0 rings (SSSR count). The second-order valence-corrected chi connectivity index (χ2v) is 3.89. The molecule has 108 valence electrons. The van der Waals surface area contributed by atoms with E-state index in [-0.39, 0.29) is 32.2 Å². The van der Waals surface area contributed by atoms with Crippen LogP contribution >= 0.6 is 0 Å². The molecule has 0 aliphatic carbocycles. The fourth-order valence-corrected chi connectivity index (χ4v) is 1.33. The molecule has 0 aromatic rings. The van der Waals surface area contributed by atoms with Crippen molar-refractivity contribution in [3.63, 3.8) is 0 Å². The Morgan fingerprint density at radius 2 is 2.11 bits per heavy atom. The van der Waals surface area contributed by atoms with Crippen LogP contribution in [0.3, 0.4) is 0 Å². The topological polar surface area (TPSA) is 95.9 Å². The summed E-state index contributed by atoms with van der Waals surface area (Å²) in [4.78, 5) is 34.7. The largest absolute Gasteiger partial charge is 0.480 e. The van der Waals surface area contributed by atoms with Crippen molar-refractivity contribution in [2.75, 3.05) is 26.3 Å².